The number of nitrogens with zero attached hydrogens (tertiary/aromatic N) is 1. The highest BCUT2D eigenvalue weighted by molar-refractivity contribution is 7.99. The number of amides is 2. The fraction of sp³-hybridized carbons (Fsp3) is 0.471. The van der Waals surface area contributed by atoms with E-state index in [4.69, 9.17) is 5.26 Å². The van der Waals surface area contributed by atoms with E-state index >= 15 is 0 Å². The Bertz CT molecular complexity index is 596. The quantitative estimate of drug-likeness (QED) is 0.751. The number of carbonyl (C=O) groups is 2. The van der Waals surface area contributed by atoms with Crippen molar-refractivity contribution in [2.24, 2.45) is 11.8 Å². The highest BCUT2D eigenvalue weighted by atomic mass is 32.2. The first-order valence-electron chi connectivity index (χ1n) is 7.54. The molecule has 0 aromatic heterocycles. The van der Waals surface area contributed by atoms with Crippen LogP contribution in [-0.2, 0) is 9.59 Å². The molecular formula is C17H23N3O2S. The number of para-hydroxylation sites is 1. The van der Waals surface area contributed by atoms with Crippen LogP contribution in [0.15, 0.2) is 29.2 Å². The van der Waals surface area contributed by atoms with Crippen molar-refractivity contribution in [2.45, 2.75) is 38.6 Å². The molecule has 0 heterocycles. The van der Waals surface area contributed by atoms with Crippen LogP contribution in [0.4, 0.5) is 5.69 Å². The summed E-state index contributed by atoms with van der Waals surface area (Å²) >= 11 is 1.53. The summed E-state index contributed by atoms with van der Waals surface area (Å²) in [5.41, 5.74) is 0.698. The third kappa shape index (κ3) is 6.33. The first-order chi connectivity index (χ1) is 10.8. The fourth-order valence-corrected chi connectivity index (χ4v) is 2.87. The average Bonchev–Trinajstić information content (AvgIpc) is 2.50. The van der Waals surface area contributed by atoms with Gasteiger partial charge >= 0.3 is 0 Å². The zero-order chi connectivity index (χ0) is 17.4. The Morgan fingerprint density at radius 2 is 1.91 bits per heavy atom. The summed E-state index contributed by atoms with van der Waals surface area (Å²) in [5.74, 6) is 0.104. The summed E-state index contributed by atoms with van der Waals surface area (Å²) in [5, 5.41) is 14.4. The van der Waals surface area contributed by atoms with Gasteiger partial charge in [0.2, 0.25) is 11.8 Å². The van der Waals surface area contributed by atoms with E-state index in [1.165, 1.54) is 18.7 Å². The Kier molecular flexibility index (Phi) is 7.63. The molecule has 23 heavy (non-hydrogen) atoms. The van der Waals surface area contributed by atoms with E-state index in [0.717, 1.165) is 4.90 Å². The molecule has 0 aliphatic rings. The van der Waals surface area contributed by atoms with Gasteiger partial charge in [-0.25, -0.2) is 0 Å². The molecule has 6 heteroatoms. The van der Waals surface area contributed by atoms with Crippen LogP contribution < -0.4 is 10.6 Å². The Balaban J connectivity index is 2.84. The van der Waals surface area contributed by atoms with Crippen molar-refractivity contribution >= 4 is 29.3 Å². The van der Waals surface area contributed by atoms with Crippen molar-refractivity contribution in [3.8, 4) is 6.07 Å². The van der Waals surface area contributed by atoms with Crippen LogP contribution in [0.3, 0.4) is 0 Å². The molecule has 5 nitrogen and oxygen atoms in total. The first kappa shape index (κ1) is 19.0. The number of anilines is 1. The van der Waals surface area contributed by atoms with Crippen LogP contribution >= 0.6 is 11.8 Å². The number of hydrogen-bond acceptors (Lipinski definition) is 4. The van der Waals surface area contributed by atoms with Crippen LogP contribution in [0.25, 0.3) is 0 Å². The second kappa shape index (κ2) is 9.21. The van der Waals surface area contributed by atoms with Gasteiger partial charge in [0.25, 0.3) is 0 Å². The van der Waals surface area contributed by atoms with Gasteiger partial charge in [0, 0.05) is 17.6 Å². The maximum Gasteiger partial charge on any atom is 0.247 e. The van der Waals surface area contributed by atoms with Crippen molar-refractivity contribution < 1.29 is 9.59 Å². The number of hydrogen-bond donors (Lipinski definition) is 2. The van der Waals surface area contributed by atoms with Gasteiger partial charge in [-0.1, -0.05) is 26.0 Å². The third-order valence-corrected chi connectivity index (χ3v) is 4.50. The molecule has 0 fully saturated rings. The van der Waals surface area contributed by atoms with Crippen LogP contribution in [0.1, 0.15) is 27.7 Å². The molecule has 1 aromatic rings. The molecule has 0 saturated heterocycles. The van der Waals surface area contributed by atoms with Crippen LogP contribution in [-0.4, -0.2) is 23.6 Å². The molecule has 1 aromatic carbocycles. The number of thioether (sulfide) groups is 1. The Hall–Kier alpha value is -2.00. The SMILES string of the molecule is CC(=O)N[C@H](C(=O)Nc1ccccc1SC[C@@H](C)C#N)C(C)C. The lowest BCUT2D eigenvalue weighted by molar-refractivity contribution is -0.126. The van der Waals surface area contributed by atoms with E-state index in [1.807, 2.05) is 45.0 Å². The Morgan fingerprint density at radius 1 is 1.26 bits per heavy atom. The van der Waals surface area contributed by atoms with Gasteiger partial charge in [-0.3, -0.25) is 9.59 Å². The second-order valence-electron chi connectivity index (χ2n) is 5.75. The number of rotatable bonds is 7. The topological polar surface area (TPSA) is 82.0 Å². The Morgan fingerprint density at radius 3 is 2.48 bits per heavy atom. The molecule has 0 bridgehead atoms. The Labute approximate surface area is 141 Å². The van der Waals surface area contributed by atoms with Crippen molar-refractivity contribution in [1.29, 1.82) is 5.26 Å². The monoisotopic (exact) mass is 333 g/mol. The molecule has 0 spiro atoms. The minimum Gasteiger partial charge on any atom is -0.344 e. The first-order valence-corrected chi connectivity index (χ1v) is 8.53. The second-order valence-corrected chi connectivity index (χ2v) is 6.81. The number of nitriles is 1. The van der Waals surface area contributed by atoms with Gasteiger partial charge in [-0.2, -0.15) is 5.26 Å². The minimum absolute atomic E-state index is 0.0164. The molecule has 0 aliphatic heterocycles. The normalized spacial score (nSPS) is 13.0. The fourth-order valence-electron chi connectivity index (χ4n) is 1.91. The average molecular weight is 333 g/mol. The number of nitrogens with one attached hydrogen (secondary N) is 2. The smallest absolute Gasteiger partial charge is 0.247 e. The van der Waals surface area contributed by atoms with Crippen LogP contribution in [0, 0.1) is 23.2 Å². The summed E-state index contributed by atoms with van der Waals surface area (Å²) in [6.07, 6.45) is 0. The van der Waals surface area contributed by atoms with Gasteiger partial charge in [0.15, 0.2) is 0 Å². The summed E-state index contributed by atoms with van der Waals surface area (Å²) in [7, 11) is 0. The lowest BCUT2D eigenvalue weighted by Gasteiger charge is -2.21. The summed E-state index contributed by atoms with van der Waals surface area (Å²) in [6, 6.07) is 9.08. The lowest BCUT2D eigenvalue weighted by atomic mass is 10.0. The molecule has 0 aliphatic carbocycles. The lowest BCUT2D eigenvalue weighted by Crippen LogP contribution is -2.46. The summed E-state index contributed by atoms with van der Waals surface area (Å²) < 4.78 is 0. The van der Waals surface area contributed by atoms with Crippen molar-refractivity contribution in [3.63, 3.8) is 0 Å². The highest BCUT2D eigenvalue weighted by Crippen LogP contribution is 2.28. The maximum absolute atomic E-state index is 12.4. The molecule has 0 unspecified atom stereocenters. The van der Waals surface area contributed by atoms with Crippen molar-refractivity contribution in [2.75, 3.05) is 11.1 Å². The molecule has 0 saturated carbocycles. The van der Waals surface area contributed by atoms with Crippen LogP contribution in [0.5, 0.6) is 0 Å². The van der Waals surface area contributed by atoms with Crippen LogP contribution in [0.2, 0.25) is 0 Å². The van der Waals surface area contributed by atoms with E-state index in [9.17, 15) is 9.59 Å². The van der Waals surface area contributed by atoms with Crippen molar-refractivity contribution in [3.05, 3.63) is 24.3 Å². The van der Waals surface area contributed by atoms with E-state index < -0.39 is 6.04 Å². The standard InChI is InChI=1S/C17H23N3O2S/c1-11(2)16(19-13(4)21)17(22)20-14-7-5-6-8-15(14)23-10-12(3)9-18/h5-8,11-12,16H,10H2,1-4H3,(H,19,21)(H,20,22)/t12-,16-/m0/s1. The summed E-state index contributed by atoms with van der Waals surface area (Å²) in [6.45, 7) is 7.03. The molecule has 2 N–H and O–H groups in total. The maximum atomic E-state index is 12.4. The van der Waals surface area contributed by atoms with E-state index in [2.05, 4.69) is 16.7 Å². The predicted octanol–water partition coefficient (Wildman–Crippen LogP) is 3.04. The molecular weight excluding hydrogens is 310 g/mol. The van der Waals surface area contributed by atoms with Gasteiger partial charge in [0.1, 0.15) is 6.04 Å². The summed E-state index contributed by atoms with van der Waals surface area (Å²) in [4.78, 5) is 24.6. The third-order valence-electron chi connectivity index (χ3n) is 3.16. The zero-order valence-electron chi connectivity index (χ0n) is 13.9. The van der Waals surface area contributed by atoms with Gasteiger partial charge < -0.3 is 10.6 Å². The van der Waals surface area contributed by atoms with E-state index in [1.54, 1.807) is 0 Å². The van der Waals surface area contributed by atoms with E-state index in [0.29, 0.717) is 11.4 Å². The van der Waals surface area contributed by atoms with Gasteiger partial charge in [-0.15, -0.1) is 11.8 Å². The molecule has 2 atom stereocenters. The largest absolute Gasteiger partial charge is 0.344 e. The van der Waals surface area contributed by atoms with E-state index in [-0.39, 0.29) is 23.7 Å². The van der Waals surface area contributed by atoms with Gasteiger partial charge in [0.05, 0.1) is 17.7 Å². The molecule has 0 radical (unpaired) electrons. The molecule has 1 rings (SSSR count). The van der Waals surface area contributed by atoms with Crippen molar-refractivity contribution in [1.82, 2.24) is 5.32 Å². The van der Waals surface area contributed by atoms with Gasteiger partial charge in [-0.05, 0) is 25.0 Å². The molecule has 124 valence electrons. The minimum atomic E-state index is -0.580. The number of carbonyl (C=O) groups excluding carboxylic acids is 2. The molecule has 2 amide bonds. The number of benzene rings is 1. The zero-order valence-corrected chi connectivity index (χ0v) is 14.7. The predicted molar refractivity (Wildman–Crippen MR) is 93.0 cm³/mol. The highest BCUT2D eigenvalue weighted by Gasteiger charge is 2.23.